The number of aryl methyl sites for hydroxylation is 1. The van der Waals surface area contributed by atoms with E-state index >= 15 is 4.39 Å². The van der Waals surface area contributed by atoms with Gasteiger partial charge in [-0.15, -0.1) is 0 Å². The first kappa shape index (κ1) is 23.3. The summed E-state index contributed by atoms with van der Waals surface area (Å²) in [5, 5.41) is 3.61. The highest BCUT2D eigenvalue weighted by molar-refractivity contribution is 7.89. The second kappa shape index (κ2) is 8.94. The van der Waals surface area contributed by atoms with Crippen molar-refractivity contribution in [3.63, 3.8) is 0 Å². The molecule has 0 saturated carbocycles. The van der Waals surface area contributed by atoms with Crippen molar-refractivity contribution < 1.29 is 12.8 Å². The number of anilines is 2. The van der Waals surface area contributed by atoms with E-state index in [-0.39, 0.29) is 11.8 Å². The predicted octanol–water partition coefficient (Wildman–Crippen LogP) is 3.35. The van der Waals surface area contributed by atoms with Gasteiger partial charge < -0.3 is 14.8 Å². The summed E-state index contributed by atoms with van der Waals surface area (Å²) >= 11 is 6.42. The lowest BCUT2D eigenvalue weighted by atomic mass is 10.1. The van der Waals surface area contributed by atoms with E-state index in [4.69, 9.17) is 11.6 Å². The number of nitrogens with zero attached hydrogens (tertiary/aromatic N) is 6. The third kappa shape index (κ3) is 4.20. The van der Waals surface area contributed by atoms with Gasteiger partial charge in [-0.1, -0.05) is 11.6 Å². The first-order chi connectivity index (χ1) is 16.3. The van der Waals surface area contributed by atoms with Gasteiger partial charge in [0.2, 0.25) is 21.9 Å². The number of hydrogen-bond acceptors (Lipinski definition) is 7. The Hall–Kier alpha value is -2.50. The van der Waals surface area contributed by atoms with Gasteiger partial charge in [0.25, 0.3) is 0 Å². The summed E-state index contributed by atoms with van der Waals surface area (Å²) in [5.41, 5.74) is 2.04. The number of piperidine rings is 1. The minimum atomic E-state index is -3.18. The van der Waals surface area contributed by atoms with Gasteiger partial charge in [0.1, 0.15) is 5.52 Å². The van der Waals surface area contributed by atoms with Crippen LogP contribution in [0.15, 0.2) is 18.3 Å². The van der Waals surface area contributed by atoms with Crippen LogP contribution in [0.25, 0.3) is 22.3 Å². The first-order valence-electron chi connectivity index (χ1n) is 11.4. The Balaban J connectivity index is 1.41. The molecule has 2 aliphatic heterocycles. The normalized spacial score (nSPS) is 17.8. The largest absolute Gasteiger partial charge is 0.351 e. The number of sulfonamides is 1. The van der Waals surface area contributed by atoms with Crippen molar-refractivity contribution >= 4 is 44.6 Å². The molecule has 1 aromatic carbocycles. The minimum Gasteiger partial charge on any atom is -0.351 e. The Morgan fingerprint density at radius 1 is 1.18 bits per heavy atom. The van der Waals surface area contributed by atoms with Gasteiger partial charge in [-0.25, -0.2) is 32.1 Å². The Morgan fingerprint density at radius 3 is 2.68 bits per heavy atom. The number of nitrogens with one attached hydrogen (secondary N) is 1. The molecule has 182 valence electrons. The topological polar surface area (TPSA) is 96.2 Å². The molecule has 1 fully saturated rings. The lowest BCUT2D eigenvalue weighted by molar-refractivity contribution is 0.329. The van der Waals surface area contributed by atoms with Crippen LogP contribution < -0.4 is 10.2 Å². The van der Waals surface area contributed by atoms with Crippen LogP contribution in [0.1, 0.15) is 26.2 Å². The van der Waals surface area contributed by atoms with Gasteiger partial charge in [0.05, 0.1) is 28.2 Å². The molecular weight excluding hydrogens is 481 g/mol. The monoisotopic (exact) mass is 507 g/mol. The zero-order chi connectivity index (χ0) is 24.0. The van der Waals surface area contributed by atoms with Gasteiger partial charge in [0, 0.05) is 44.8 Å². The number of fused-ring (bicyclic) bond motifs is 3. The molecule has 5 rings (SSSR count). The van der Waals surface area contributed by atoms with E-state index in [1.54, 1.807) is 6.92 Å². The Kier molecular flexibility index (Phi) is 6.11. The van der Waals surface area contributed by atoms with Gasteiger partial charge >= 0.3 is 0 Å². The maximum absolute atomic E-state index is 15.1. The van der Waals surface area contributed by atoms with E-state index in [0.29, 0.717) is 59.2 Å². The minimum absolute atomic E-state index is 0.0360. The van der Waals surface area contributed by atoms with Gasteiger partial charge in [0.15, 0.2) is 5.82 Å². The molecule has 12 heteroatoms. The second-order valence-corrected chi connectivity index (χ2v) is 11.4. The molecule has 0 spiro atoms. The highest BCUT2D eigenvalue weighted by Crippen LogP contribution is 2.34. The number of halogens is 2. The average Bonchev–Trinajstić information content (AvgIpc) is 3.21. The molecule has 0 radical (unpaired) electrons. The molecule has 2 aliphatic rings. The molecule has 0 atom stereocenters. The van der Waals surface area contributed by atoms with Crippen LogP contribution in [-0.2, 0) is 16.6 Å². The molecule has 9 nitrogen and oxygen atoms in total. The van der Waals surface area contributed by atoms with Crippen LogP contribution in [-0.4, -0.2) is 70.7 Å². The lowest BCUT2D eigenvalue weighted by Crippen LogP contribution is -2.43. The molecule has 0 unspecified atom stereocenters. The van der Waals surface area contributed by atoms with Gasteiger partial charge in [-0.05, 0) is 38.3 Å². The number of imidazole rings is 1. The summed E-state index contributed by atoms with van der Waals surface area (Å²) in [6.07, 6.45) is 3.76. The fraction of sp³-hybridized carbons (Fsp3) is 0.500. The van der Waals surface area contributed by atoms with E-state index in [1.165, 1.54) is 16.6 Å². The zero-order valence-corrected chi connectivity index (χ0v) is 20.7. The quantitative estimate of drug-likeness (QED) is 0.565. The fourth-order valence-corrected chi connectivity index (χ4v) is 6.00. The highest BCUT2D eigenvalue weighted by atomic mass is 35.5. The van der Waals surface area contributed by atoms with E-state index in [9.17, 15) is 8.42 Å². The van der Waals surface area contributed by atoms with E-state index in [0.717, 1.165) is 25.5 Å². The van der Waals surface area contributed by atoms with Crippen LogP contribution in [0.5, 0.6) is 0 Å². The molecule has 0 bridgehead atoms. The number of aromatic nitrogens is 4. The molecular formula is C22H27ClFN7O2S. The summed E-state index contributed by atoms with van der Waals surface area (Å²) in [5.74, 6) is 0.819. The summed E-state index contributed by atoms with van der Waals surface area (Å²) < 4.78 is 42.8. The molecule has 34 heavy (non-hydrogen) atoms. The summed E-state index contributed by atoms with van der Waals surface area (Å²) in [6, 6.07) is 3.32. The van der Waals surface area contributed by atoms with Crippen LogP contribution in [0, 0.1) is 5.82 Å². The summed E-state index contributed by atoms with van der Waals surface area (Å²) in [7, 11) is -1.23. The second-order valence-electron chi connectivity index (χ2n) is 8.77. The lowest BCUT2D eigenvalue weighted by Gasteiger charge is -2.31. The van der Waals surface area contributed by atoms with E-state index in [1.807, 2.05) is 22.6 Å². The number of rotatable bonds is 5. The van der Waals surface area contributed by atoms with Crippen molar-refractivity contribution in [2.45, 2.75) is 38.8 Å². The Morgan fingerprint density at radius 2 is 1.94 bits per heavy atom. The third-order valence-corrected chi connectivity index (χ3v) is 8.72. The molecule has 2 aromatic heterocycles. The van der Waals surface area contributed by atoms with Crippen molar-refractivity contribution in [1.82, 2.24) is 23.8 Å². The van der Waals surface area contributed by atoms with Gasteiger partial charge in [-0.3, -0.25) is 0 Å². The maximum atomic E-state index is 15.1. The molecule has 4 heterocycles. The van der Waals surface area contributed by atoms with Crippen LogP contribution in [0.3, 0.4) is 0 Å². The van der Waals surface area contributed by atoms with Crippen molar-refractivity contribution in [3.05, 3.63) is 29.2 Å². The fourth-order valence-electron chi connectivity index (χ4n) is 4.67. The van der Waals surface area contributed by atoms with Crippen LogP contribution in [0.4, 0.5) is 16.3 Å². The molecule has 1 N–H and O–H groups in total. The number of hydrogen-bond donors (Lipinski definition) is 1. The smallest absolute Gasteiger partial charge is 0.223 e. The van der Waals surface area contributed by atoms with Crippen molar-refractivity contribution in [2.75, 3.05) is 42.7 Å². The van der Waals surface area contributed by atoms with Crippen LogP contribution >= 0.6 is 11.6 Å². The van der Waals surface area contributed by atoms with Crippen LogP contribution in [0.2, 0.25) is 5.02 Å². The van der Waals surface area contributed by atoms with Crippen molar-refractivity contribution in [2.24, 2.45) is 0 Å². The average molecular weight is 508 g/mol. The molecule has 0 aliphatic carbocycles. The van der Waals surface area contributed by atoms with E-state index < -0.39 is 15.8 Å². The number of benzene rings is 1. The summed E-state index contributed by atoms with van der Waals surface area (Å²) in [6.45, 7) is 4.22. The predicted molar refractivity (Wildman–Crippen MR) is 131 cm³/mol. The first-order valence-corrected chi connectivity index (χ1v) is 13.4. The summed E-state index contributed by atoms with van der Waals surface area (Å²) in [4.78, 5) is 15.4. The highest BCUT2D eigenvalue weighted by Gasteiger charge is 2.27. The standard InChI is InChI=1S/C22H27ClFN7O2S/c1-3-34(32,33)30-9-5-15(6-10-30)26-21-25-13-16(23)19(27-21)14-11-17(24)20-18(12-14)31-8-4-7-29(2)22(31)28-20/h11-13,15H,3-10H2,1-2H3,(H,25,26,27). The molecule has 1 saturated heterocycles. The molecule has 3 aromatic rings. The van der Waals surface area contributed by atoms with Crippen molar-refractivity contribution in [3.8, 4) is 11.3 Å². The van der Waals surface area contributed by atoms with Crippen molar-refractivity contribution in [1.29, 1.82) is 0 Å². The molecule has 0 amide bonds. The van der Waals surface area contributed by atoms with Gasteiger partial charge in [-0.2, -0.15) is 0 Å². The van der Waals surface area contributed by atoms with E-state index in [2.05, 4.69) is 20.3 Å². The SMILES string of the molecule is CCS(=O)(=O)N1CCC(Nc2ncc(Cl)c(-c3cc(F)c4nc5n(c4c3)CCCN5C)n2)CC1. The Bertz CT molecular complexity index is 1340. The zero-order valence-electron chi connectivity index (χ0n) is 19.1. The Labute approximate surface area is 203 Å². The maximum Gasteiger partial charge on any atom is 0.223 e. The third-order valence-electron chi connectivity index (χ3n) is 6.57.